The molecule has 4 rings (SSSR count). The van der Waals surface area contributed by atoms with E-state index in [0.717, 1.165) is 11.6 Å². The maximum atomic E-state index is 15.8. The second kappa shape index (κ2) is 12.7. The molecule has 0 heterocycles. The Kier molecular flexibility index (Phi) is 9.06. The van der Waals surface area contributed by atoms with Crippen molar-refractivity contribution in [2.45, 2.75) is 32.6 Å². The van der Waals surface area contributed by atoms with Gasteiger partial charge < -0.3 is 18.9 Å². The van der Waals surface area contributed by atoms with Crippen molar-refractivity contribution < 1.29 is 37.7 Å². The first kappa shape index (κ1) is 30.0. The van der Waals surface area contributed by atoms with Gasteiger partial charge in [0.25, 0.3) is 0 Å². The van der Waals surface area contributed by atoms with Gasteiger partial charge in [-0.25, -0.2) is 18.8 Å². The Balaban J connectivity index is 1.73. The Morgan fingerprint density at radius 1 is 0.881 bits per heavy atom. The summed E-state index contributed by atoms with van der Waals surface area (Å²) in [6.07, 6.45) is 2.27. The zero-order valence-electron chi connectivity index (χ0n) is 23.8. The highest BCUT2D eigenvalue weighted by molar-refractivity contribution is 5.90. The predicted molar refractivity (Wildman–Crippen MR) is 157 cm³/mol. The molecule has 42 heavy (non-hydrogen) atoms. The van der Waals surface area contributed by atoms with Crippen LogP contribution >= 0.6 is 0 Å². The summed E-state index contributed by atoms with van der Waals surface area (Å²) < 4.78 is 37.4. The average Bonchev–Trinajstić information content (AvgIpc) is 3.40. The first-order chi connectivity index (χ1) is 20.0. The number of ether oxygens (including phenoxy) is 4. The molecule has 216 valence electrons. The largest absolute Gasteiger partial charge is 0.493 e. The highest BCUT2D eigenvalue weighted by atomic mass is 19.1. The molecule has 0 bridgehead atoms. The van der Waals surface area contributed by atoms with Crippen LogP contribution in [0.2, 0.25) is 0 Å². The summed E-state index contributed by atoms with van der Waals surface area (Å²) in [6, 6.07) is 13.2. The molecule has 0 N–H and O–H groups in total. The summed E-state index contributed by atoms with van der Waals surface area (Å²) in [5.74, 6) is -1.60. The van der Waals surface area contributed by atoms with Crippen molar-refractivity contribution in [1.29, 1.82) is 0 Å². The van der Waals surface area contributed by atoms with E-state index in [9.17, 15) is 14.4 Å². The van der Waals surface area contributed by atoms with Crippen molar-refractivity contribution in [1.82, 2.24) is 0 Å². The fourth-order valence-electron chi connectivity index (χ4n) is 4.80. The molecule has 1 aliphatic carbocycles. The fourth-order valence-corrected chi connectivity index (χ4v) is 4.80. The van der Waals surface area contributed by atoms with Gasteiger partial charge in [0, 0.05) is 34.3 Å². The SMILES string of the molecule is C=CC(=O)OCC1CCc2c(-c3ccc(-c4ccc(OC)c(OC(=O)C(=C)C)c4)cc3F)ccc(OC(=O)C(=C)C)c21. The van der Waals surface area contributed by atoms with Crippen molar-refractivity contribution in [3.8, 4) is 39.5 Å². The number of rotatable bonds is 10. The number of hydrogen-bond donors (Lipinski definition) is 0. The minimum atomic E-state index is -0.601. The van der Waals surface area contributed by atoms with Crippen LogP contribution in [0.15, 0.2) is 85.5 Å². The van der Waals surface area contributed by atoms with E-state index in [4.69, 9.17) is 18.9 Å². The zero-order valence-corrected chi connectivity index (χ0v) is 23.8. The van der Waals surface area contributed by atoms with Crippen LogP contribution in [0.1, 0.15) is 37.3 Å². The molecule has 0 saturated carbocycles. The van der Waals surface area contributed by atoms with Crippen LogP contribution in [-0.2, 0) is 25.5 Å². The highest BCUT2D eigenvalue weighted by Crippen LogP contribution is 2.45. The third-order valence-corrected chi connectivity index (χ3v) is 6.92. The molecule has 0 amide bonds. The third-order valence-electron chi connectivity index (χ3n) is 6.92. The smallest absolute Gasteiger partial charge is 0.338 e. The quantitative estimate of drug-likeness (QED) is 0.149. The lowest BCUT2D eigenvalue weighted by Gasteiger charge is -2.18. The summed E-state index contributed by atoms with van der Waals surface area (Å²) in [4.78, 5) is 36.2. The van der Waals surface area contributed by atoms with Crippen molar-refractivity contribution in [3.63, 3.8) is 0 Å². The molecule has 1 aliphatic rings. The fraction of sp³-hybridized carbons (Fsp3) is 0.206. The maximum Gasteiger partial charge on any atom is 0.338 e. The van der Waals surface area contributed by atoms with E-state index in [-0.39, 0.29) is 29.4 Å². The molecule has 3 aromatic rings. The van der Waals surface area contributed by atoms with Crippen LogP contribution in [-0.4, -0.2) is 31.6 Å². The molecule has 0 saturated heterocycles. The molecule has 7 nitrogen and oxygen atoms in total. The third kappa shape index (κ3) is 6.33. The molecule has 0 spiro atoms. The van der Waals surface area contributed by atoms with Gasteiger partial charge in [-0.05, 0) is 73.2 Å². The number of methoxy groups -OCH3 is 1. The Labute approximate surface area is 243 Å². The molecular formula is C34H31FO7. The Morgan fingerprint density at radius 3 is 2.10 bits per heavy atom. The van der Waals surface area contributed by atoms with Gasteiger partial charge in [0.15, 0.2) is 11.5 Å². The van der Waals surface area contributed by atoms with Crippen molar-refractivity contribution in [3.05, 3.63) is 102 Å². The van der Waals surface area contributed by atoms with Gasteiger partial charge in [-0.1, -0.05) is 44.0 Å². The molecule has 1 unspecified atom stereocenters. The number of hydrogen-bond acceptors (Lipinski definition) is 7. The summed E-state index contributed by atoms with van der Waals surface area (Å²) in [7, 11) is 1.46. The van der Waals surface area contributed by atoms with Gasteiger partial charge in [0.05, 0.1) is 13.7 Å². The second-order valence-electron chi connectivity index (χ2n) is 9.97. The van der Waals surface area contributed by atoms with Crippen molar-refractivity contribution >= 4 is 17.9 Å². The normalized spacial score (nSPS) is 13.5. The first-order valence-corrected chi connectivity index (χ1v) is 13.2. The lowest BCUT2D eigenvalue weighted by Crippen LogP contribution is -2.13. The Bertz CT molecular complexity index is 1620. The highest BCUT2D eigenvalue weighted by Gasteiger charge is 2.31. The van der Waals surface area contributed by atoms with E-state index in [1.807, 2.05) is 0 Å². The van der Waals surface area contributed by atoms with Crippen molar-refractivity contribution in [2.24, 2.45) is 0 Å². The molecule has 0 fully saturated rings. The Morgan fingerprint density at radius 2 is 1.48 bits per heavy atom. The summed E-state index contributed by atoms with van der Waals surface area (Å²) in [6.45, 7) is 13.8. The van der Waals surface area contributed by atoms with Crippen LogP contribution in [0.3, 0.4) is 0 Å². The summed E-state index contributed by atoms with van der Waals surface area (Å²) in [5.41, 5.74) is 4.15. The lowest BCUT2D eigenvalue weighted by atomic mass is 9.92. The summed E-state index contributed by atoms with van der Waals surface area (Å²) >= 11 is 0. The molecular weight excluding hydrogens is 539 g/mol. The van der Waals surface area contributed by atoms with Gasteiger partial charge in [-0.2, -0.15) is 0 Å². The molecule has 0 aliphatic heterocycles. The number of esters is 3. The molecule has 1 atom stereocenters. The Hall–Kier alpha value is -4.98. The number of carbonyl (C=O) groups excluding carboxylic acids is 3. The van der Waals surface area contributed by atoms with Gasteiger partial charge in [0.2, 0.25) is 0 Å². The summed E-state index contributed by atoms with van der Waals surface area (Å²) in [5, 5.41) is 0. The second-order valence-corrected chi connectivity index (χ2v) is 9.97. The van der Waals surface area contributed by atoms with E-state index < -0.39 is 23.7 Å². The van der Waals surface area contributed by atoms with Gasteiger partial charge in [0.1, 0.15) is 11.6 Å². The number of halogens is 1. The van der Waals surface area contributed by atoms with Crippen LogP contribution in [0, 0.1) is 5.82 Å². The van der Waals surface area contributed by atoms with Crippen LogP contribution < -0.4 is 14.2 Å². The van der Waals surface area contributed by atoms with E-state index >= 15 is 4.39 Å². The minimum Gasteiger partial charge on any atom is -0.493 e. The minimum absolute atomic E-state index is 0.0656. The van der Waals surface area contributed by atoms with Crippen LogP contribution in [0.5, 0.6) is 17.2 Å². The van der Waals surface area contributed by atoms with Gasteiger partial charge in [-0.15, -0.1) is 0 Å². The maximum absolute atomic E-state index is 15.8. The number of fused-ring (bicyclic) bond motifs is 1. The molecule has 8 heteroatoms. The lowest BCUT2D eigenvalue weighted by molar-refractivity contribution is -0.138. The zero-order chi connectivity index (χ0) is 30.6. The molecule has 0 aromatic heterocycles. The first-order valence-electron chi connectivity index (χ1n) is 13.2. The number of benzene rings is 3. The standard InChI is InChI=1S/C34H31FO7/c1-7-31(36)40-18-23-9-12-26-24(13-15-29(32(23)26)41-33(37)19(2)3)25-11-8-21(16-27(25)35)22-10-14-28(39-6)30(17-22)42-34(38)20(4)5/h7-8,10-11,13-17,23H,1-2,4,9,12,18H2,3,5-6H3. The van der Waals surface area contributed by atoms with Gasteiger partial charge >= 0.3 is 17.9 Å². The van der Waals surface area contributed by atoms with Crippen molar-refractivity contribution in [2.75, 3.05) is 13.7 Å². The van der Waals surface area contributed by atoms with E-state index in [1.165, 1.54) is 20.1 Å². The van der Waals surface area contributed by atoms with Crippen LogP contribution in [0.4, 0.5) is 4.39 Å². The van der Waals surface area contributed by atoms with E-state index in [0.29, 0.717) is 52.2 Å². The number of carbonyl (C=O) groups is 3. The van der Waals surface area contributed by atoms with Gasteiger partial charge in [-0.3, -0.25) is 0 Å². The predicted octanol–water partition coefficient (Wildman–Crippen LogP) is 6.89. The van der Waals surface area contributed by atoms with Crippen LogP contribution in [0.25, 0.3) is 22.3 Å². The molecule has 3 aromatic carbocycles. The van der Waals surface area contributed by atoms with E-state index in [2.05, 4.69) is 19.7 Å². The molecule has 0 radical (unpaired) electrons. The van der Waals surface area contributed by atoms with E-state index in [1.54, 1.807) is 49.4 Å². The topological polar surface area (TPSA) is 88.1 Å². The average molecular weight is 571 g/mol. The monoisotopic (exact) mass is 570 g/mol.